The van der Waals surface area contributed by atoms with Crippen LogP contribution in [0, 0.1) is 0 Å². The molecule has 4 rings (SSSR count). The van der Waals surface area contributed by atoms with Crippen molar-refractivity contribution in [3.63, 3.8) is 0 Å². The third-order valence-electron chi connectivity index (χ3n) is 5.15. The summed E-state index contributed by atoms with van der Waals surface area (Å²) in [5, 5.41) is 3.89. The first-order valence-electron chi connectivity index (χ1n) is 8.80. The molecular weight excluding hydrogens is 362 g/mol. The average Bonchev–Trinajstić information content (AvgIpc) is 3.14. The van der Waals surface area contributed by atoms with E-state index in [0.717, 1.165) is 16.5 Å². The number of amides is 1. The van der Waals surface area contributed by atoms with E-state index < -0.39 is 15.4 Å². The predicted molar refractivity (Wildman–Crippen MR) is 105 cm³/mol. The van der Waals surface area contributed by atoms with Gasteiger partial charge in [-0.25, -0.2) is 13.1 Å². The zero-order valence-electron chi connectivity index (χ0n) is 15.2. The summed E-state index contributed by atoms with van der Waals surface area (Å²) in [5.41, 5.74) is 2.73. The number of aromatic nitrogens is 1. The number of benzene rings is 2. The minimum atomic E-state index is -3.66. The van der Waals surface area contributed by atoms with Crippen LogP contribution < -0.4 is 10.0 Å². The molecule has 0 aliphatic carbocycles. The van der Waals surface area contributed by atoms with Crippen LogP contribution in [0.25, 0.3) is 10.9 Å². The van der Waals surface area contributed by atoms with E-state index in [1.165, 1.54) is 6.07 Å². The Hall–Kier alpha value is -2.64. The Bertz CT molecular complexity index is 1150. The molecule has 6 nitrogen and oxygen atoms in total. The zero-order chi connectivity index (χ0) is 19.2. The quantitative estimate of drug-likeness (QED) is 0.633. The molecule has 3 N–H and O–H groups in total. The summed E-state index contributed by atoms with van der Waals surface area (Å²) in [6.07, 6.45) is 2.49. The average molecular weight is 383 g/mol. The van der Waals surface area contributed by atoms with E-state index in [1.54, 1.807) is 26.0 Å². The number of anilines is 1. The van der Waals surface area contributed by atoms with Gasteiger partial charge >= 0.3 is 0 Å². The Kier molecular flexibility index (Phi) is 4.09. The smallest absolute Gasteiger partial charge is 0.240 e. The largest absolute Gasteiger partial charge is 0.361 e. The molecule has 1 aromatic heterocycles. The van der Waals surface area contributed by atoms with Gasteiger partial charge in [-0.05, 0) is 55.7 Å². The minimum Gasteiger partial charge on any atom is -0.361 e. The van der Waals surface area contributed by atoms with E-state index in [0.29, 0.717) is 24.2 Å². The van der Waals surface area contributed by atoms with Crippen molar-refractivity contribution in [1.29, 1.82) is 0 Å². The van der Waals surface area contributed by atoms with Gasteiger partial charge in [-0.15, -0.1) is 0 Å². The molecule has 3 aromatic rings. The van der Waals surface area contributed by atoms with Crippen molar-refractivity contribution in [3.05, 3.63) is 59.8 Å². The molecule has 1 aliphatic heterocycles. The van der Waals surface area contributed by atoms with Gasteiger partial charge in [-0.1, -0.05) is 18.2 Å². The lowest BCUT2D eigenvalue weighted by molar-refractivity contribution is -0.119. The second-order valence-corrected chi connectivity index (χ2v) is 9.06. The highest BCUT2D eigenvalue weighted by atomic mass is 32.2. The summed E-state index contributed by atoms with van der Waals surface area (Å²) in [5.74, 6) is -0.126. The van der Waals surface area contributed by atoms with Crippen LogP contribution in [-0.4, -0.2) is 25.9 Å². The first-order valence-corrected chi connectivity index (χ1v) is 10.3. The van der Waals surface area contributed by atoms with Crippen LogP contribution in [0.2, 0.25) is 0 Å². The number of para-hydroxylation sites is 1. The van der Waals surface area contributed by atoms with Crippen LogP contribution in [0.3, 0.4) is 0 Å². The molecule has 0 saturated heterocycles. The van der Waals surface area contributed by atoms with Crippen LogP contribution in [0.1, 0.15) is 25.0 Å². The van der Waals surface area contributed by atoms with Gasteiger partial charge in [0.1, 0.15) is 0 Å². The van der Waals surface area contributed by atoms with Crippen molar-refractivity contribution < 1.29 is 13.2 Å². The molecule has 1 aliphatic rings. The van der Waals surface area contributed by atoms with Gasteiger partial charge in [0.2, 0.25) is 15.9 Å². The molecule has 0 radical (unpaired) electrons. The maximum Gasteiger partial charge on any atom is 0.240 e. The van der Waals surface area contributed by atoms with E-state index in [-0.39, 0.29) is 10.8 Å². The number of rotatable bonds is 5. The van der Waals surface area contributed by atoms with Crippen molar-refractivity contribution in [2.75, 3.05) is 11.9 Å². The Morgan fingerprint density at radius 1 is 1.11 bits per heavy atom. The molecule has 0 unspecified atom stereocenters. The number of carbonyl (C=O) groups excluding carboxylic acids is 1. The van der Waals surface area contributed by atoms with Crippen LogP contribution >= 0.6 is 0 Å². The Morgan fingerprint density at radius 2 is 1.89 bits per heavy atom. The topological polar surface area (TPSA) is 91.1 Å². The number of hydrogen-bond acceptors (Lipinski definition) is 3. The molecule has 0 atom stereocenters. The van der Waals surface area contributed by atoms with E-state index in [4.69, 9.17) is 0 Å². The molecule has 0 spiro atoms. The highest BCUT2D eigenvalue weighted by Crippen LogP contribution is 2.38. The Balaban J connectivity index is 1.51. The summed E-state index contributed by atoms with van der Waals surface area (Å²) in [6.45, 7) is 3.87. The van der Waals surface area contributed by atoms with Crippen LogP contribution in [-0.2, 0) is 26.7 Å². The van der Waals surface area contributed by atoms with Crippen molar-refractivity contribution in [1.82, 2.24) is 9.71 Å². The molecule has 0 fully saturated rings. The van der Waals surface area contributed by atoms with E-state index >= 15 is 0 Å². The van der Waals surface area contributed by atoms with Gasteiger partial charge in [0.05, 0.1) is 10.3 Å². The standard InChI is InChI=1S/C20H21N3O3S/c1-20(2)16-11-14(7-8-18(16)23-19(20)24)27(25,26)22-10-9-13-12-21-17-6-4-3-5-15(13)17/h3-8,11-12,21-22H,9-10H2,1-2H3,(H,23,24). The third kappa shape index (κ3) is 3.02. The highest BCUT2D eigenvalue weighted by molar-refractivity contribution is 7.89. The maximum atomic E-state index is 12.7. The normalized spacial score (nSPS) is 15.7. The van der Waals surface area contributed by atoms with Crippen LogP contribution in [0.5, 0.6) is 0 Å². The molecule has 140 valence electrons. The molecule has 2 heterocycles. The van der Waals surface area contributed by atoms with Crippen molar-refractivity contribution in [2.45, 2.75) is 30.6 Å². The fourth-order valence-electron chi connectivity index (χ4n) is 3.46. The van der Waals surface area contributed by atoms with E-state index in [9.17, 15) is 13.2 Å². The van der Waals surface area contributed by atoms with E-state index in [2.05, 4.69) is 15.0 Å². The van der Waals surface area contributed by atoms with Crippen molar-refractivity contribution >= 4 is 32.5 Å². The van der Waals surface area contributed by atoms with Gasteiger partial charge in [0.25, 0.3) is 0 Å². The van der Waals surface area contributed by atoms with E-state index in [1.807, 2.05) is 30.5 Å². The summed E-state index contributed by atoms with van der Waals surface area (Å²) < 4.78 is 28.0. The number of fused-ring (bicyclic) bond motifs is 2. The molecule has 27 heavy (non-hydrogen) atoms. The molecule has 2 aromatic carbocycles. The van der Waals surface area contributed by atoms with Crippen LogP contribution in [0.15, 0.2) is 53.6 Å². The number of hydrogen-bond donors (Lipinski definition) is 3. The van der Waals surface area contributed by atoms with Crippen molar-refractivity contribution in [2.24, 2.45) is 0 Å². The van der Waals surface area contributed by atoms with Gasteiger partial charge in [-0.2, -0.15) is 0 Å². The summed E-state index contributed by atoms with van der Waals surface area (Å²) in [7, 11) is -3.66. The number of aromatic amines is 1. The van der Waals surface area contributed by atoms with Crippen LogP contribution in [0.4, 0.5) is 5.69 Å². The summed E-state index contributed by atoms with van der Waals surface area (Å²) in [4.78, 5) is 15.4. The molecule has 0 saturated carbocycles. The second-order valence-electron chi connectivity index (χ2n) is 7.29. The third-order valence-corrected chi connectivity index (χ3v) is 6.61. The highest BCUT2D eigenvalue weighted by Gasteiger charge is 2.39. The van der Waals surface area contributed by atoms with Crippen molar-refractivity contribution in [3.8, 4) is 0 Å². The monoisotopic (exact) mass is 383 g/mol. The lowest BCUT2D eigenvalue weighted by atomic mass is 9.86. The molecule has 1 amide bonds. The SMILES string of the molecule is CC1(C)C(=O)Nc2ccc(S(=O)(=O)NCCc3c[nH]c4ccccc34)cc21. The summed E-state index contributed by atoms with van der Waals surface area (Å²) >= 11 is 0. The van der Waals surface area contributed by atoms with Gasteiger partial charge in [0.15, 0.2) is 0 Å². The van der Waals surface area contributed by atoms with Gasteiger partial charge in [-0.3, -0.25) is 4.79 Å². The minimum absolute atomic E-state index is 0.126. The molecular formula is C20H21N3O3S. The second kappa shape index (κ2) is 6.21. The maximum absolute atomic E-state index is 12.7. The molecule has 0 bridgehead atoms. The molecule has 7 heteroatoms. The Morgan fingerprint density at radius 3 is 2.70 bits per heavy atom. The lowest BCUT2D eigenvalue weighted by Crippen LogP contribution is -2.28. The Labute approximate surface area is 158 Å². The zero-order valence-corrected chi connectivity index (χ0v) is 16.0. The fourth-order valence-corrected chi connectivity index (χ4v) is 4.52. The number of nitrogens with one attached hydrogen (secondary N) is 3. The fraction of sp³-hybridized carbons (Fsp3) is 0.250. The first kappa shape index (κ1) is 17.8. The number of carbonyl (C=O) groups is 1. The van der Waals surface area contributed by atoms with Gasteiger partial charge in [0, 0.05) is 29.3 Å². The summed E-state index contributed by atoms with van der Waals surface area (Å²) in [6, 6.07) is 12.7. The van der Waals surface area contributed by atoms with Gasteiger partial charge < -0.3 is 10.3 Å². The lowest BCUT2D eigenvalue weighted by Gasteiger charge is -2.16. The number of sulfonamides is 1. The first-order chi connectivity index (χ1) is 12.8. The predicted octanol–water partition coefficient (Wildman–Crippen LogP) is 2.92. The number of H-pyrrole nitrogens is 1.